The third-order valence-electron chi connectivity index (χ3n) is 4.81. The Morgan fingerprint density at radius 2 is 1.70 bits per heavy atom. The molecule has 1 rings (SSSR count). The summed E-state index contributed by atoms with van der Waals surface area (Å²) in [5.74, 6) is -3.51. The van der Waals surface area contributed by atoms with Gasteiger partial charge in [0, 0.05) is 24.1 Å². The lowest BCUT2D eigenvalue weighted by molar-refractivity contribution is -0.142. The van der Waals surface area contributed by atoms with Crippen LogP contribution in [0.1, 0.15) is 31.9 Å². The van der Waals surface area contributed by atoms with Crippen LogP contribution in [0.15, 0.2) is 12.5 Å². The average Bonchev–Trinajstić information content (AvgIpc) is 3.28. The van der Waals surface area contributed by atoms with Gasteiger partial charge < -0.3 is 42.6 Å². The zero-order valence-electron chi connectivity index (χ0n) is 18.4. The summed E-state index contributed by atoms with van der Waals surface area (Å²) in [6.07, 6.45) is 2.96. The van der Waals surface area contributed by atoms with Crippen molar-refractivity contribution in [1.29, 1.82) is 0 Å². The van der Waals surface area contributed by atoms with Crippen LogP contribution in [0.2, 0.25) is 0 Å². The summed E-state index contributed by atoms with van der Waals surface area (Å²) in [5, 5.41) is 26.3. The molecule has 186 valence electrons. The number of unbranched alkanes of at least 4 members (excludes halogenated alkanes) is 1. The number of amides is 3. The Morgan fingerprint density at radius 1 is 1.09 bits per heavy atom. The SMILES string of the molecule is CC(O)C(N)C(=O)NC(CS)C(=O)NC(CCCCN)C(=O)NC(Cc1cnc[nH]1)C(=O)O. The molecule has 14 heteroatoms. The molecule has 0 spiro atoms. The number of carbonyl (C=O) groups is 4. The molecular formula is C19H33N7O6S. The molecule has 13 nitrogen and oxygen atoms in total. The highest BCUT2D eigenvalue weighted by molar-refractivity contribution is 7.80. The van der Waals surface area contributed by atoms with Crippen molar-refractivity contribution < 1.29 is 29.4 Å². The lowest BCUT2D eigenvalue weighted by atomic mass is 10.1. The molecule has 5 atom stereocenters. The fourth-order valence-electron chi connectivity index (χ4n) is 2.80. The van der Waals surface area contributed by atoms with E-state index in [0.717, 1.165) is 0 Å². The van der Waals surface area contributed by atoms with Crippen molar-refractivity contribution >= 4 is 36.3 Å². The number of nitrogens with zero attached hydrogens (tertiary/aromatic N) is 1. The molecule has 0 fully saturated rings. The monoisotopic (exact) mass is 487 g/mol. The molecule has 1 aromatic rings. The Balaban J connectivity index is 2.88. The molecule has 5 unspecified atom stereocenters. The van der Waals surface area contributed by atoms with Gasteiger partial charge in [-0.25, -0.2) is 9.78 Å². The van der Waals surface area contributed by atoms with Crippen molar-refractivity contribution in [2.45, 2.75) is 62.9 Å². The van der Waals surface area contributed by atoms with Gasteiger partial charge in [0.05, 0.1) is 12.4 Å². The molecule has 0 aliphatic heterocycles. The van der Waals surface area contributed by atoms with Crippen LogP contribution in [0.25, 0.3) is 0 Å². The number of aliphatic hydroxyl groups excluding tert-OH is 1. The largest absolute Gasteiger partial charge is 0.480 e. The first-order valence-corrected chi connectivity index (χ1v) is 11.1. The maximum Gasteiger partial charge on any atom is 0.326 e. The van der Waals surface area contributed by atoms with E-state index in [1.165, 1.54) is 19.4 Å². The predicted octanol–water partition coefficient (Wildman–Crippen LogP) is -2.74. The van der Waals surface area contributed by atoms with Gasteiger partial charge >= 0.3 is 5.97 Å². The number of carboxylic acids is 1. The molecule has 1 aromatic heterocycles. The number of imidazole rings is 1. The Kier molecular flexibility index (Phi) is 12.4. The second kappa shape index (κ2) is 14.5. The van der Waals surface area contributed by atoms with Crippen LogP contribution < -0.4 is 27.4 Å². The minimum Gasteiger partial charge on any atom is -0.480 e. The molecule has 10 N–H and O–H groups in total. The number of nitrogens with one attached hydrogen (secondary N) is 4. The Bertz CT molecular complexity index is 777. The summed E-state index contributed by atoms with van der Waals surface area (Å²) >= 11 is 4.06. The molecule has 0 radical (unpaired) electrons. The molecule has 0 aliphatic carbocycles. The number of aromatic amines is 1. The van der Waals surface area contributed by atoms with Gasteiger partial charge in [-0.3, -0.25) is 14.4 Å². The molecule has 1 heterocycles. The van der Waals surface area contributed by atoms with Gasteiger partial charge in [-0.2, -0.15) is 12.6 Å². The van der Waals surface area contributed by atoms with Crippen molar-refractivity contribution in [1.82, 2.24) is 25.9 Å². The Morgan fingerprint density at radius 3 is 2.21 bits per heavy atom. The fourth-order valence-corrected chi connectivity index (χ4v) is 3.06. The van der Waals surface area contributed by atoms with E-state index < -0.39 is 54.0 Å². The molecule has 0 bridgehead atoms. The summed E-state index contributed by atoms with van der Waals surface area (Å²) in [7, 11) is 0. The quantitative estimate of drug-likeness (QED) is 0.0922. The standard InChI is InChI=1S/C19H33N7O6S/c1-10(27)15(21)18(30)26-14(8-33)17(29)24-12(4-2-3-5-20)16(28)25-13(19(31)32)6-11-7-22-9-23-11/h7,9-10,12-15,27,33H,2-6,8,20-21H2,1H3,(H,22,23)(H,24,29)(H,25,28)(H,26,30)(H,31,32). The summed E-state index contributed by atoms with van der Waals surface area (Å²) in [6, 6.07) is -4.70. The number of hydrogen-bond donors (Lipinski definition) is 9. The Hall–Kier alpha value is -2.68. The number of nitrogens with two attached hydrogens (primary N) is 2. The van der Waals surface area contributed by atoms with E-state index in [0.29, 0.717) is 25.1 Å². The fraction of sp³-hybridized carbons (Fsp3) is 0.632. The van der Waals surface area contributed by atoms with Crippen molar-refractivity contribution in [3.63, 3.8) is 0 Å². The first-order chi connectivity index (χ1) is 15.6. The van der Waals surface area contributed by atoms with Gasteiger partial charge in [-0.15, -0.1) is 0 Å². The van der Waals surface area contributed by atoms with Crippen LogP contribution in [-0.4, -0.2) is 86.4 Å². The van der Waals surface area contributed by atoms with Gasteiger partial charge in [0.25, 0.3) is 0 Å². The molecule has 0 aromatic carbocycles. The number of aliphatic carboxylic acids is 1. The summed E-state index contributed by atoms with van der Waals surface area (Å²) in [5.41, 5.74) is 11.6. The normalized spacial score (nSPS) is 15.5. The molecule has 0 saturated heterocycles. The number of rotatable bonds is 15. The van der Waals surface area contributed by atoms with Crippen LogP contribution in [0.3, 0.4) is 0 Å². The zero-order valence-corrected chi connectivity index (χ0v) is 19.3. The van der Waals surface area contributed by atoms with Crippen molar-refractivity contribution in [3.05, 3.63) is 18.2 Å². The highest BCUT2D eigenvalue weighted by Crippen LogP contribution is 2.05. The summed E-state index contributed by atoms with van der Waals surface area (Å²) in [6.45, 7) is 1.71. The molecule has 3 amide bonds. The highest BCUT2D eigenvalue weighted by Gasteiger charge is 2.30. The minimum atomic E-state index is -1.25. The van der Waals surface area contributed by atoms with Crippen LogP contribution in [0.5, 0.6) is 0 Å². The lowest BCUT2D eigenvalue weighted by Crippen LogP contribution is -2.58. The third-order valence-corrected chi connectivity index (χ3v) is 5.18. The van der Waals surface area contributed by atoms with E-state index in [4.69, 9.17) is 11.5 Å². The Labute approximate surface area is 196 Å². The molecule has 33 heavy (non-hydrogen) atoms. The van der Waals surface area contributed by atoms with E-state index in [9.17, 15) is 29.4 Å². The van der Waals surface area contributed by atoms with Gasteiger partial charge in [-0.1, -0.05) is 0 Å². The second-order valence-corrected chi connectivity index (χ2v) is 7.90. The minimum absolute atomic E-state index is 0.0307. The van der Waals surface area contributed by atoms with E-state index in [1.807, 2.05) is 0 Å². The maximum absolute atomic E-state index is 12.8. The number of hydrogen-bond acceptors (Lipinski definition) is 9. The van der Waals surface area contributed by atoms with Gasteiger partial charge in [0.2, 0.25) is 17.7 Å². The van der Waals surface area contributed by atoms with Crippen LogP contribution in [-0.2, 0) is 25.6 Å². The maximum atomic E-state index is 12.8. The summed E-state index contributed by atoms with van der Waals surface area (Å²) in [4.78, 5) is 55.8. The smallest absolute Gasteiger partial charge is 0.326 e. The number of carbonyl (C=O) groups excluding carboxylic acids is 3. The first-order valence-electron chi connectivity index (χ1n) is 10.5. The molecule has 0 aliphatic rings. The molecular weight excluding hydrogens is 454 g/mol. The van der Waals surface area contributed by atoms with Gasteiger partial charge in [0.1, 0.15) is 24.2 Å². The van der Waals surface area contributed by atoms with E-state index >= 15 is 0 Å². The van der Waals surface area contributed by atoms with Crippen molar-refractivity contribution in [2.75, 3.05) is 12.3 Å². The number of H-pyrrole nitrogens is 1. The first kappa shape index (κ1) is 28.4. The highest BCUT2D eigenvalue weighted by atomic mass is 32.1. The number of carboxylic acid groups (broad SMARTS) is 1. The van der Waals surface area contributed by atoms with E-state index in [1.54, 1.807) is 0 Å². The zero-order chi connectivity index (χ0) is 25.0. The lowest BCUT2D eigenvalue weighted by Gasteiger charge is -2.25. The van der Waals surface area contributed by atoms with Crippen LogP contribution >= 0.6 is 12.6 Å². The molecule has 0 saturated carbocycles. The second-order valence-electron chi connectivity index (χ2n) is 7.54. The van der Waals surface area contributed by atoms with Crippen LogP contribution in [0.4, 0.5) is 0 Å². The van der Waals surface area contributed by atoms with Gasteiger partial charge in [-0.05, 0) is 32.7 Å². The van der Waals surface area contributed by atoms with Crippen LogP contribution in [0, 0.1) is 0 Å². The van der Waals surface area contributed by atoms with E-state index in [-0.39, 0.29) is 18.6 Å². The number of aromatic nitrogens is 2. The van der Waals surface area contributed by atoms with Gasteiger partial charge in [0.15, 0.2) is 0 Å². The van der Waals surface area contributed by atoms with Crippen molar-refractivity contribution in [2.24, 2.45) is 11.5 Å². The topological polar surface area (TPSA) is 226 Å². The van der Waals surface area contributed by atoms with Crippen molar-refractivity contribution in [3.8, 4) is 0 Å². The third kappa shape index (κ3) is 9.77. The average molecular weight is 488 g/mol. The number of thiol groups is 1. The predicted molar refractivity (Wildman–Crippen MR) is 122 cm³/mol. The number of aliphatic hydroxyl groups is 1. The summed E-state index contributed by atoms with van der Waals surface area (Å²) < 4.78 is 0. The van der Waals surface area contributed by atoms with E-state index in [2.05, 4.69) is 38.5 Å².